The van der Waals surface area contributed by atoms with Crippen molar-refractivity contribution in [2.45, 2.75) is 70.6 Å². The molecule has 0 radical (unpaired) electrons. The van der Waals surface area contributed by atoms with Crippen LogP contribution >= 0.6 is 0 Å². The van der Waals surface area contributed by atoms with E-state index in [9.17, 15) is 14.7 Å². The summed E-state index contributed by atoms with van der Waals surface area (Å²) in [7, 11) is 4.00. The Bertz CT molecular complexity index is 810. The molecule has 0 unspecified atom stereocenters. The standard InChI is InChI=1S/C25H40N4O4/c1-17-14-29(18(2)16-30)24(31)13-19-12-21(10-11-22(19)33-23(17)15-28(3)4)27-25(32)26-20-8-6-5-7-9-20/h10-12,17-18,20,23,30H,5-9,13-16H2,1-4H3,(H2,26,27,32)/t17-,18+,23+/m0/s1. The molecule has 1 aromatic rings. The molecule has 0 aromatic heterocycles. The van der Waals surface area contributed by atoms with Gasteiger partial charge >= 0.3 is 6.03 Å². The van der Waals surface area contributed by atoms with Crippen molar-refractivity contribution in [3.05, 3.63) is 23.8 Å². The normalized spacial score (nSPS) is 23.1. The van der Waals surface area contributed by atoms with Crippen LogP contribution in [0.4, 0.5) is 10.5 Å². The van der Waals surface area contributed by atoms with Crippen LogP contribution in [0.5, 0.6) is 5.75 Å². The molecule has 33 heavy (non-hydrogen) atoms. The highest BCUT2D eigenvalue weighted by Crippen LogP contribution is 2.29. The molecule has 1 fully saturated rings. The number of nitrogens with zero attached hydrogens (tertiary/aromatic N) is 2. The highest BCUT2D eigenvalue weighted by Gasteiger charge is 2.30. The lowest BCUT2D eigenvalue weighted by atomic mass is 9.96. The van der Waals surface area contributed by atoms with Crippen molar-refractivity contribution in [1.82, 2.24) is 15.1 Å². The number of carbonyl (C=O) groups is 2. The van der Waals surface area contributed by atoms with E-state index in [2.05, 4.69) is 22.5 Å². The van der Waals surface area contributed by atoms with Gasteiger partial charge in [-0.1, -0.05) is 26.2 Å². The van der Waals surface area contributed by atoms with Crippen molar-refractivity contribution < 1.29 is 19.4 Å². The average molecular weight is 461 g/mol. The maximum absolute atomic E-state index is 13.2. The fourth-order valence-electron chi connectivity index (χ4n) is 4.68. The maximum Gasteiger partial charge on any atom is 0.319 e. The Balaban J connectivity index is 1.82. The number of aliphatic hydroxyl groups excluding tert-OH is 1. The van der Waals surface area contributed by atoms with Crippen LogP contribution in [0.15, 0.2) is 18.2 Å². The van der Waals surface area contributed by atoms with Gasteiger partial charge in [0.05, 0.1) is 19.1 Å². The van der Waals surface area contributed by atoms with Gasteiger partial charge in [0, 0.05) is 36.3 Å². The Hall–Kier alpha value is -2.32. The van der Waals surface area contributed by atoms with Gasteiger partial charge in [-0.2, -0.15) is 0 Å². The molecule has 0 spiro atoms. The topological polar surface area (TPSA) is 94.1 Å². The molecule has 3 atom stereocenters. The molecule has 1 saturated carbocycles. The number of ether oxygens (including phenoxy) is 1. The van der Waals surface area contributed by atoms with E-state index < -0.39 is 0 Å². The molecule has 0 saturated heterocycles. The van der Waals surface area contributed by atoms with Crippen molar-refractivity contribution in [3.8, 4) is 5.75 Å². The minimum absolute atomic E-state index is 0.0532. The molecule has 8 nitrogen and oxygen atoms in total. The van der Waals surface area contributed by atoms with Crippen LogP contribution in [0.25, 0.3) is 0 Å². The van der Waals surface area contributed by atoms with Crippen LogP contribution in [0.2, 0.25) is 0 Å². The zero-order valence-electron chi connectivity index (χ0n) is 20.5. The third-order valence-corrected chi connectivity index (χ3v) is 6.66. The summed E-state index contributed by atoms with van der Waals surface area (Å²) in [5.41, 5.74) is 1.38. The number of likely N-dealkylation sites (N-methyl/N-ethyl adjacent to an activating group) is 1. The van der Waals surface area contributed by atoms with Crippen LogP contribution in [0.1, 0.15) is 51.5 Å². The number of fused-ring (bicyclic) bond motifs is 1. The minimum atomic E-state index is -0.274. The summed E-state index contributed by atoms with van der Waals surface area (Å²) in [5, 5.41) is 15.7. The van der Waals surface area contributed by atoms with Crippen molar-refractivity contribution in [2.24, 2.45) is 5.92 Å². The molecule has 1 aliphatic heterocycles. The molecule has 1 aliphatic carbocycles. The zero-order valence-corrected chi connectivity index (χ0v) is 20.5. The number of carbonyl (C=O) groups excluding carboxylic acids is 2. The molecule has 1 aromatic carbocycles. The van der Waals surface area contributed by atoms with E-state index in [1.165, 1.54) is 6.42 Å². The average Bonchev–Trinajstić information content (AvgIpc) is 2.82. The SMILES string of the molecule is C[C@H](CO)N1C[C@H](C)[C@@H](CN(C)C)Oc2ccc(NC(=O)NC3CCCCC3)cc2CC1=O. The van der Waals surface area contributed by atoms with Gasteiger partial charge in [-0.25, -0.2) is 4.79 Å². The van der Waals surface area contributed by atoms with E-state index in [0.717, 1.165) is 31.2 Å². The summed E-state index contributed by atoms with van der Waals surface area (Å²) in [6.45, 7) is 5.07. The second kappa shape index (κ2) is 11.7. The van der Waals surface area contributed by atoms with Crippen LogP contribution in [-0.4, -0.2) is 78.8 Å². The highest BCUT2D eigenvalue weighted by molar-refractivity contribution is 5.90. The molecule has 3 rings (SSSR count). The van der Waals surface area contributed by atoms with Crippen molar-refractivity contribution in [3.63, 3.8) is 0 Å². The summed E-state index contributed by atoms with van der Waals surface area (Å²) < 4.78 is 6.42. The molecule has 1 heterocycles. The van der Waals surface area contributed by atoms with Crippen LogP contribution < -0.4 is 15.4 Å². The van der Waals surface area contributed by atoms with E-state index in [0.29, 0.717) is 24.5 Å². The predicted octanol–water partition coefficient (Wildman–Crippen LogP) is 2.85. The summed E-state index contributed by atoms with van der Waals surface area (Å²) in [4.78, 5) is 29.6. The highest BCUT2D eigenvalue weighted by atomic mass is 16.5. The van der Waals surface area contributed by atoms with Gasteiger partial charge < -0.3 is 30.3 Å². The first-order valence-electron chi connectivity index (χ1n) is 12.2. The molecule has 8 heteroatoms. The first kappa shape index (κ1) is 25.3. The molecule has 184 valence electrons. The number of benzene rings is 1. The van der Waals surface area contributed by atoms with Gasteiger partial charge in [-0.15, -0.1) is 0 Å². The van der Waals surface area contributed by atoms with Crippen molar-refractivity contribution in [2.75, 3.05) is 39.1 Å². The van der Waals surface area contributed by atoms with Gasteiger partial charge in [0.2, 0.25) is 5.91 Å². The number of urea groups is 1. The first-order valence-corrected chi connectivity index (χ1v) is 12.2. The monoisotopic (exact) mass is 460 g/mol. The smallest absolute Gasteiger partial charge is 0.319 e. The fraction of sp³-hybridized carbons (Fsp3) is 0.680. The van der Waals surface area contributed by atoms with E-state index in [1.54, 1.807) is 4.90 Å². The summed E-state index contributed by atoms with van der Waals surface area (Å²) in [6.07, 6.45) is 5.61. The zero-order chi connectivity index (χ0) is 24.0. The summed E-state index contributed by atoms with van der Waals surface area (Å²) in [6, 6.07) is 5.24. The third kappa shape index (κ3) is 7.08. The van der Waals surface area contributed by atoms with Crippen LogP contribution in [0.3, 0.4) is 0 Å². The Morgan fingerprint density at radius 1 is 1.27 bits per heavy atom. The lowest BCUT2D eigenvalue weighted by Crippen LogP contribution is -2.47. The molecule has 2 aliphatic rings. The first-order chi connectivity index (χ1) is 15.8. The predicted molar refractivity (Wildman–Crippen MR) is 130 cm³/mol. The van der Waals surface area contributed by atoms with Crippen molar-refractivity contribution >= 4 is 17.6 Å². The Morgan fingerprint density at radius 2 is 2.00 bits per heavy atom. The number of nitrogens with one attached hydrogen (secondary N) is 2. The van der Waals surface area contributed by atoms with Gasteiger partial charge in [-0.05, 0) is 52.1 Å². The largest absolute Gasteiger partial charge is 0.488 e. The number of amides is 3. The summed E-state index contributed by atoms with van der Waals surface area (Å²) >= 11 is 0. The number of hydrogen-bond donors (Lipinski definition) is 3. The molecular weight excluding hydrogens is 420 g/mol. The van der Waals surface area contributed by atoms with E-state index in [-0.39, 0.29) is 49.1 Å². The molecule has 0 bridgehead atoms. The lowest BCUT2D eigenvalue weighted by Gasteiger charge is -2.33. The van der Waals surface area contributed by atoms with Gasteiger partial charge in [0.15, 0.2) is 0 Å². The second-order valence-corrected chi connectivity index (χ2v) is 9.91. The molecule has 3 N–H and O–H groups in total. The van der Waals surface area contributed by atoms with Gasteiger partial charge in [0.25, 0.3) is 0 Å². The quantitative estimate of drug-likeness (QED) is 0.607. The number of hydrogen-bond acceptors (Lipinski definition) is 5. The second-order valence-electron chi connectivity index (χ2n) is 9.91. The third-order valence-electron chi connectivity index (χ3n) is 6.66. The Morgan fingerprint density at radius 3 is 2.67 bits per heavy atom. The maximum atomic E-state index is 13.2. The number of anilines is 1. The fourth-order valence-corrected chi connectivity index (χ4v) is 4.68. The molecular formula is C25H40N4O4. The van der Waals surface area contributed by atoms with Crippen LogP contribution in [0, 0.1) is 5.92 Å². The lowest BCUT2D eigenvalue weighted by molar-refractivity contribution is -0.134. The van der Waals surface area contributed by atoms with Crippen LogP contribution in [-0.2, 0) is 11.2 Å². The van der Waals surface area contributed by atoms with Gasteiger partial charge in [0.1, 0.15) is 11.9 Å². The molecule has 3 amide bonds. The van der Waals surface area contributed by atoms with E-state index in [4.69, 9.17) is 4.74 Å². The Kier molecular flexibility index (Phi) is 8.97. The minimum Gasteiger partial charge on any atom is -0.488 e. The van der Waals surface area contributed by atoms with Gasteiger partial charge in [-0.3, -0.25) is 4.79 Å². The van der Waals surface area contributed by atoms with Crippen molar-refractivity contribution in [1.29, 1.82) is 0 Å². The van der Waals surface area contributed by atoms with E-state index in [1.807, 2.05) is 39.2 Å². The summed E-state index contributed by atoms with van der Waals surface area (Å²) in [5.74, 6) is 0.691. The Labute approximate surface area is 197 Å². The van der Waals surface area contributed by atoms with E-state index >= 15 is 0 Å². The number of rotatable bonds is 6. The number of aliphatic hydroxyl groups is 1.